The molecule has 0 atom stereocenters. The molecule has 0 aromatic heterocycles. The Morgan fingerprint density at radius 1 is 1.85 bits per heavy atom. The lowest BCUT2D eigenvalue weighted by Crippen LogP contribution is -2.30. The first-order chi connectivity index (χ1) is 6.25. The predicted octanol–water partition coefficient (Wildman–Crippen LogP) is 0.315. The van der Waals surface area contributed by atoms with Crippen molar-refractivity contribution >= 4 is 5.91 Å². The number of nitriles is 1. The van der Waals surface area contributed by atoms with Crippen molar-refractivity contribution in [3.05, 3.63) is 11.6 Å². The van der Waals surface area contributed by atoms with Crippen LogP contribution in [0.1, 0.15) is 6.42 Å². The SMILES string of the molecule is CN(CC#N)C(=O)C1=CCOCC1. The fraction of sp³-hybridized carbons (Fsp3) is 0.556. The molecule has 0 fully saturated rings. The van der Waals surface area contributed by atoms with Crippen LogP contribution < -0.4 is 0 Å². The van der Waals surface area contributed by atoms with E-state index in [2.05, 4.69) is 0 Å². The Hall–Kier alpha value is -1.34. The van der Waals surface area contributed by atoms with Crippen LogP contribution in [0.3, 0.4) is 0 Å². The molecule has 1 aliphatic rings. The summed E-state index contributed by atoms with van der Waals surface area (Å²) in [7, 11) is 1.63. The van der Waals surface area contributed by atoms with E-state index in [1.807, 2.05) is 6.07 Å². The minimum Gasteiger partial charge on any atom is -0.377 e. The fourth-order valence-corrected chi connectivity index (χ4v) is 1.14. The highest BCUT2D eigenvalue weighted by Gasteiger charge is 2.15. The van der Waals surface area contributed by atoms with Crippen LogP contribution in [0.15, 0.2) is 11.6 Å². The number of amides is 1. The molecule has 0 aromatic rings. The van der Waals surface area contributed by atoms with E-state index in [-0.39, 0.29) is 12.5 Å². The zero-order valence-electron chi connectivity index (χ0n) is 7.62. The molecular weight excluding hydrogens is 168 g/mol. The minimum atomic E-state index is -0.0650. The molecule has 0 radical (unpaired) electrons. The Bertz CT molecular complexity index is 265. The predicted molar refractivity (Wildman–Crippen MR) is 46.8 cm³/mol. The smallest absolute Gasteiger partial charge is 0.250 e. The number of nitrogens with zero attached hydrogens (tertiary/aromatic N) is 2. The molecule has 1 aliphatic heterocycles. The monoisotopic (exact) mass is 180 g/mol. The lowest BCUT2D eigenvalue weighted by molar-refractivity contribution is -0.125. The highest BCUT2D eigenvalue weighted by molar-refractivity contribution is 5.93. The molecule has 70 valence electrons. The van der Waals surface area contributed by atoms with Gasteiger partial charge in [0.05, 0.1) is 19.3 Å². The zero-order chi connectivity index (χ0) is 9.68. The Balaban J connectivity index is 2.56. The number of likely N-dealkylation sites (N-methyl/N-ethyl adjacent to an activating group) is 1. The topological polar surface area (TPSA) is 53.3 Å². The van der Waals surface area contributed by atoms with Crippen LogP contribution in [-0.4, -0.2) is 37.6 Å². The van der Waals surface area contributed by atoms with E-state index in [1.54, 1.807) is 13.1 Å². The summed E-state index contributed by atoms with van der Waals surface area (Å²) in [6, 6.07) is 1.93. The van der Waals surface area contributed by atoms with Crippen molar-refractivity contribution < 1.29 is 9.53 Å². The van der Waals surface area contributed by atoms with E-state index < -0.39 is 0 Å². The summed E-state index contributed by atoms with van der Waals surface area (Å²) < 4.78 is 5.08. The third kappa shape index (κ3) is 2.56. The zero-order valence-corrected chi connectivity index (χ0v) is 7.62. The van der Waals surface area contributed by atoms with Crippen LogP contribution in [-0.2, 0) is 9.53 Å². The van der Waals surface area contributed by atoms with Gasteiger partial charge in [-0.1, -0.05) is 6.08 Å². The summed E-state index contributed by atoms with van der Waals surface area (Å²) in [5.74, 6) is -0.0650. The first kappa shape index (κ1) is 9.75. The van der Waals surface area contributed by atoms with Gasteiger partial charge in [-0.2, -0.15) is 5.26 Å². The molecule has 1 amide bonds. The third-order valence-electron chi connectivity index (χ3n) is 1.89. The number of carbonyl (C=O) groups is 1. The highest BCUT2D eigenvalue weighted by Crippen LogP contribution is 2.09. The van der Waals surface area contributed by atoms with E-state index >= 15 is 0 Å². The second-order valence-corrected chi connectivity index (χ2v) is 2.87. The van der Waals surface area contributed by atoms with Crippen molar-refractivity contribution in [2.24, 2.45) is 0 Å². The number of ether oxygens (including phenoxy) is 1. The number of carbonyl (C=O) groups excluding carboxylic acids is 1. The molecule has 0 bridgehead atoms. The summed E-state index contributed by atoms with van der Waals surface area (Å²) >= 11 is 0. The van der Waals surface area contributed by atoms with E-state index in [0.717, 1.165) is 5.57 Å². The molecule has 1 heterocycles. The number of hydrogen-bond acceptors (Lipinski definition) is 3. The van der Waals surface area contributed by atoms with Gasteiger partial charge in [-0.3, -0.25) is 4.79 Å². The quantitative estimate of drug-likeness (QED) is 0.575. The molecule has 0 unspecified atom stereocenters. The lowest BCUT2D eigenvalue weighted by atomic mass is 10.1. The molecule has 0 aliphatic carbocycles. The van der Waals surface area contributed by atoms with Gasteiger partial charge in [-0.05, 0) is 0 Å². The van der Waals surface area contributed by atoms with Gasteiger partial charge in [-0.15, -0.1) is 0 Å². The standard InChI is InChI=1S/C9H12N2O2/c1-11(5-4-10)9(12)8-2-6-13-7-3-8/h2H,3,5-7H2,1H3. The van der Waals surface area contributed by atoms with E-state index in [9.17, 15) is 4.79 Å². The van der Waals surface area contributed by atoms with E-state index in [0.29, 0.717) is 19.6 Å². The van der Waals surface area contributed by atoms with Crippen molar-refractivity contribution in [1.29, 1.82) is 5.26 Å². The Morgan fingerprint density at radius 3 is 3.15 bits per heavy atom. The molecule has 0 aromatic carbocycles. The molecule has 0 saturated heterocycles. The van der Waals surface area contributed by atoms with Crippen molar-refractivity contribution in [2.45, 2.75) is 6.42 Å². The van der Waals surface area contributed by atoms with Crippen LogP contribution in [0.4, 0.5) is 0 Å². The molecule has 1 rings (SSSR count). The van der Waals surface area contributed by atoms with Gasteiger partial charge in [0.25, 0.3) is 0 Å². The van der Waals surface area contributed by atoms with Crippen molar-refractivity contribution in [3.63, 3.8) is 0 Å². The van der Waals surface area contributed by atoms with Crippen molar-refractivity contribution in [1.82, 2.24) is 4.90 Å². The second-order valence-electron chi connectivity index (χ2n) is 2.87. The van der Waals surface area contributed by atoms with Gasteiger partial charge in [0.1, 0.15) is 6.54 Å². The van der Waals surface area contributed by atoms with E-state index in [1.165, 1.54) is 4.90 Å². The van der Waals surface area contributed by atoms with Crippen LogP contribution >= 0.6 is 0 Å². The lowest BCUT2D eigenvalue weighted by Gasteiger charge is -2.18. The molecule has 0 N–H and O–H groups in total. The summed E-state index contributed by atoms with van der Waals surface area (Å²) in [5.41, 5.74) is 0.754. The Labute approximate surface area is 77.4 Å². The van der Waals surface area contributed by atoms with E-state index in [4.69, 9.17) is 10.00 Å². The van der Waals surface area contributed by atoms with Gasteiger partial charge in [0.2, 0.25) is 5.91 Å². The summed E-state index contributed by atoms with van der Waals surface area (Å²) in [6.07, 6.45) is 2.42. The molecule has 13 heavy (non-hydrogen) atoms. The maximum absolute atomic E-state index is 11.5. The summed E-state index contributed by atoms with van der Waals surface area (Å²) in [4.78, 5) is 13.0. The number of hydrogen-bond donors (Lipinski definition) is 0. The fourth-order valence-electron chi connectivity index (χ4n) is 1.14. The Morgan fingerprint density at radius 2 is 2.62 bits per heavy atom. The average molecular weight is 180 g/mol. The molecule has 4 heteroatoms. The van der Waals surface area contributed by atoms with Gasteiger partial charge in [0, 0.05) is 19.0 Å². The van der Waals surface area contributed by atoms with Crippen LogP contribution in [0.5, 0.6) is 0 Å². The molecular formula is C9H12N2O2. The molecule has 0 spiro atoms. The van der Waals surface area contributed by atoms with Gasteiger partial charge >= 0.3 is 0 Å². The van der Waals surface area contributed by atoms with Crippen LogP contribution in [0, 0.1) is 11.3 Å². The average Bonchev–Trinajstić information content (AvgIpc) is 2.18. The van der Waals surface area contributed by atoms with Gasteiger partial charge in [-0.25, -0.2) is 0 Å². The Kier molecular flexibility index (Phi) is 3.47. The number of rotatable bonds is 2. The third-order valence-corrected chi connectivity index (χ3v) is 1.89. The minimum absolute atomic E-state index is 0.0650. The normalized spacial score (nSPS) is 15.8. The maximum atomic E-state index is 11.5. The molecule has 4 nitrogen and oxygen atoms in total. The maximum Gasteiger partial charge on any atom is 0.250 e. The molecule has 0 saturated carbocycles. The second kappa shape index (κ2) is 4.63. The largest absolute Gasteiger partial charge is 0.377 e. The van der Waals surface area contributed by atoms with Crippen molar-refractivity contribution in [3.8, 4) is 6.07 Å². The van der Waals surface area contributed by atoms with Crippen molar-refractivity contribution in [2.75, 3.05) is 26.8 Å². The van der Waals surface area contributed by atoms with Crippen LogP contribution in [0.25, 0.3) is 0 Å². The first-order valence-corrected chi connectivity index (χ1v) is 4.15. The van der Waals surface area contributed by atoms with Gasteiger partial charge < -0.3 is 9.64 Å². The van der Waals surface area contributed by atoms with Gasteiger partial charge in [0.15, 0.2) is 0 Å². The summed E-state index contributed by atoms with van der Waals surface area (Å²) in [6.45, 7) is 1.23. The first-order valence-electron chi connectivity index (χ1n) is 4.15. The van der Waals surface area contributed by atoms with Crippen LogP contribution in [0.2, 0.25) is 0 Å². The summed E-state index contributed by atoms with van der Waals surface area (Å²) in [5, 5.41) is 8.40. The highest BCUT2D eigenvalue weighted by atomic mass is 16.5.